The first-order chi connectivity index (χ1) is 16.0. The number of carbonyl (C=O) groups excluding carboxylic acids is 1. The Morgan fingerprint density at radius 2 is 1.27 bits per heavy atom. The third-order valence-electron chi connectivity index (χ3n) is 7.49. The molecule has 0 radical (unpaired) electrons. The zero-order valence-corrected chi connectivity index (χ0v) is 21.9. The summed E-state index contributed by atoms with van der Waals surface area (Å²) in [4.78, 5) is 12.0. The predicted octanol–water partition coefficient (Wildman–Crippen LogP) is 9.37. The van der Waals surface area contributed by atoms with Gasteiger partial charge in [0.2, 0.25) is 0 Å². The van der Waals surface area contributed by atoms with Crippen LogP contribution in [0.3, 0.4) is 0 Å². The zero-order valence-electron chi connectivity index (χ0n) is 21.9. The Labute approximate surface area is 204 Å². The number of hydrogen-bond donors (Lipinski definition) is 0. The Hall–Kier alpha value is -1.41. The number of benzene rings is 1. The highest BCUT2D eigenvalue weighted by Gasteiger charge is 2.31. The fraction of sp³-hybridized carbons (Fsp3) is 0.710. The van der Waals surface area contributed by atoms with Crippen LogP contribution in [0.25, 0.3) is 0 Å². The number of ether oxygens (including phenoxy) is 1. The van der Waals surface area contributed by atoms with E-state index >= 15 is 0 Å². The van der Waals surface area contributed by atoms with E-state index in [0.29, 0.717) is 5.78 Å². The van der Waals surface area contributed by atoms with E-state index in [-0.39, 0.29) is 5.41 Å². The molecule has 0 aliphatic heterocycles. The number of carbonyl (C=O) groups is 1. The van der Waals surface area contributed by atoms with Crippen LogP contribution in [-0.2, 0) is 16.1 Å². The van der Waals surface area contributed by atoms with E-state index in [9.17, 15) is 4.79 Å². The molecular weight excluding hydrogens is 404 g/mol. The third-order valence-corrected chi connectivity index (χ3v) is 7.49. The predicted molar refractivity (Wildman–Crippen MR) is 141 cm³/mol. The summed E-state index contributed by atoms with van der Waals surface area (Å²) in [5, 5.41) is 0. The van der Waals surface area contributed by atoms with E-state index in [1.165, 1.54) is 94.6 Å². The van der Waals surface area contributed by atoms with Gasteiger partial charge >= 0.3 is 0 Å². The molecule has 0 fully saturated rings. The summed E-state index contributed by atoms with van der Waals surface area (Å²) in [6.07, 6.45) is 20.4. The molecule has 0 amide bonds. The fourth-order valence-electron chi connectivity index (χ4n) is 5.18. The topological polar surface area (TPSA) is 26.3 Å². The monoisotopic (exact) mass is 454 g/mol. The summed E-state index contributed by atoms with van der Waals surface area (Å²) in [6, 6.07) is 10.4. The minimum atomic E-state index is 0.230. The van der Waals surface area contributed by atoms with E-state index in [1.807, 2.05) is 6.07 Å². The van der Waals surface area contributed by atoms with Crippen molar-refractivity contribution in [3.8, 4) is 0 Å². The van der Waals surface area contributed by atoms with Crippen LogP contribution in [-0.4, -0.2) is 12.4 Å². The van der Waals surface area contributed by atoms with Gasteiger partial charge in [-0.15, -0.1) is 0 Å². The van der Waals surface area contributed by atoms with Crippen LogP contribution < -0.4 is 0 Å². The van der Waals surface area contributed by atoms with Gasteiger partial charge in [-0.3, -0.25) is 4.79 Å². The maximum Gasteiger partial charge on any atom is 0.158 e. The van der Waals surface area contributed by atoms with Gasteiger partial charge in [0.05, 0.1) is 6.61 Å². The molecule has 0 spiro atoms. The molecule has 0 atom stereocenters. The second-order valence-corrected chi connectivity index (χ2v) is 10.8. The van der Waals surface area contributed by atoms with Gasteiger partial charge in [-0.1, -0.05) is 120 Å². The van der Waals surface area contributed by atoms with Crippen LogP contribution in [0.4, 0.5) is 0 Å². The average Bonchev–Trinajstić information content (AvgIpc) is 2.81. The first kappa shape index (κ1) is 27.8. The summed E-state index contributed by atoms with van der Waals surface area (Å²) < 4.78 is 5.76. The lowest BCUT2D eigenvalue weighted by molar-refractivity contribution is -0.116. The lowest BCUT2D eigenvalue weighted by Crippen LogP contribution is -2.25. The second kappa shape index (κ2) is 16.3. The quantitative estimate of drug-likeness (QED) is 0.206. The van der Waals surface area contributed by atoms with Gasteiger partial charge in [-0.25, -0.2) is 0 Å². The maximum atomic E-state index is 12.0. The second-order valence-electron chi connectivity index (χ2n) is 10.8. The van der Waals surface area contributed by atoms with Crippen molar-refractivity contribution in [1.29, 1.82) is 0 Å². The van der Waals surface area contributed by atoms with Crippen LogP contribution in [0.1, 0.15) is 129 Å². The van der Waals surface area contributed by atoms with Crippen molar-refractivity contribution in [3.05, 3.63) is 47.0 Å². The highest BCUT2D eigenvalue weighted by Crippen LogP contribution is 2.41. The molecule has 1 aliphatic carbocycles. The number of unbranched alkanes of at least 4 members (excludes halogenated alkanes) is 12. The summed E-state index contributed by atoms with van der Waals surface area (Å²) in [7, 11) is 0. The largest absolute Gasteiger partial charge is 0.377 e. The highest BCUT2D eigenvalue weighted by atomic mass is 16.5. The Morgan fingerprint density at radius 3 is 1.85 bits per heavy atom. The summed E-state index contributed by atoms with van der Waals surface area (Å²) in [6.45, 7) is 8.33. The normalized spacial score (nSPS) is 15.9. The maximum absolute atomic E-state index is 12.0. The summed E-state index contributed by atoms with van der Waals surface area (Å²) in [5.41, 5.74) is 4.02. The molecule has 0 bridgehead atoms. The molecule has 0 saturated heterocycles. The molecule has 2 rings (SSSR count). The first-order valence-electron chi connectivity index (χ1n) is 13.9. The Bertz CT molecular complexity index is 686. The third kappa shape index (κ3) is 11.5. The van der Waals surface area contributed by atoms with Crippen LogP contribution in [0, 0.1) is 5.41 Å². The molecule has 186 valence electrons. The van der Waals surface area contributed by atoms with Gasteiger partial charge in [0.1, 0.15) is 0 Å². The van der Waals surface area contributed by atoms with Crippen LogP contribution in [0.2, 0.25) is 0 Å². The van der Waals surface area contributed by atoms with Gasteiger partial charge in [-0.2, -0.15) is 0 Å². The molecule has 2 heteroatoms. The van der Waals surface area contributed by atoms with Crippen LogP contribution >= 0.6 is 0 Å². The SMILES string of the molecule is CC1=C(CCCCCCCCCCCCCCCOCc2ccccc2)C(C)(C)CCC1=O. The van der Waals surface area contributed by atoms with Gasteiger partial charge < -0.3 is 4.74 Å². The zero-order chi connectivity index (χ0) is 23.8. The molecule has 1 aromatic carbocycles. The average molecular weight is 455 g/mol. The Kier molecular flexibility index (Phi) is 13.7. The number of ketones is 1. The van der Waals surface area contributed by atoms with Crippen LogP contribution in [0.5, 0.6) is 0 Å². The smallest absolute Gasteiger partial charge is 0.158 e. The molecule has 0 aromatic heterocycles. The highest BCUT2D eigenvalue weighted by molar-refractivity contribution is 5.96. The lowest BCUT2D eigenvalue weighted by Gasteiger charge is -2.34. The van der Waals surface area contributed by atoms with Gasteiger partial charge in [0.25, 0.3) is 0 Å². The Balaban J connectivity index is 1.32. The van der Waals surface area contributed by atoms with Crippen molar-refractivity contribution >= 4 is 5.78 Å². The molecule has 1 aromatic rings. The first-order valence-corrected chi connectivity index (χ1v) is 13.9. The molecule has 2 nitrogen and oxygen atoms in total. The van der Waals surface area contributed by atoms with E-state index in [2.05, 4.69) is 45.0 Å². The standard InChI is InChI=1S/C31H50O2/c1-27-29(31(2,3)24-23-30(27)32)22-18-13-11-9-7-5-4-6-8-10-12-14-19-25-33-26-28-20-16-15-17-21-28/h15-17,20-21H,4-14,18-19,22-26H2,1-3H3. The molecule has 0 heterocycles. The molecule has 0 N–H and O–H groups in total. The Morgan fingerprint density at radius 1 is 0.758 bits per heavy atom. The lowest BCUT2D eigenvalue weighted by atomic mass is 9.70. The summed E-state index contributed by atoms with van der Waals surface area (Å²) in [5.74, 6) is 0.386. The van der Waals surface area contributed by atoms with E-state index in [0.717, 1.165) is 38.0 Å². The van der Waals surface area contributed by atoms with Crippen molar-refractivity contribution < 1.29 is 9.53 Å². The molecular formula is C31H50O2. The summed E-state index contributed by atoms with van der Waals surface area (Å²) >= 11 is 0. The minimum absolute atomic E-state index is 0.230. The van der Waals surface area contributed by atoms with E-state index in [1.54, 1.807) is 0 Å². The minimum Gasteiger partial charge on any atom is -0.377 e. The van der Waals surface area contributed by atoms with Crippen molar-refractivity contribution in [3.63, 3.8) is 0 Å². The number of allylic oxidation sites excluding steroid dienone is 2. The molecule has 0 unspecified atom stereocenters. The van der Waals surface area contributed by atoms with Gasteiger partial charge in [0.15, 0.2) is 5.78 Å². The van der Waals surface area contributed by atoms with Crippen molar-refractivity contribution in [1.82, 2.24) is 0 Å². The van der Waals surface area contributed by atoms with E-state index in [4.69, 9.17) is 4.74 Å². The van der Waals surface area contributed by atoms with Crippen molar-refractivity contribution in [2.45, 2.75) is 130 Å². The fourth-order valence-corrected chi connectivity index (χ4v) is 5.18. The number of Topliss-reactive ketones (excluding diaryl/α,β-unsaturated/α-hetero) is 1. The molecule has 1 aliphatic rings. The van der Waals surface area contributed by atoms with Crippen LogP contribution in [0.15, 0.2) is 41.5 Å². The van der Waals surface area contributed by atoms with Gasteiger partial charge in [-0.05, 0) is 49.2 Å². The molecule has 33 heavy (non-hydrogen) atoms. The number of rotatable bonds is 18. The number of hydrogen-bond acceptors (Lipinski definition) is 2. The van der Waals surface area contributed by atoms with Crippen molar-refractivity contribution in [2.75, 3.05) is 6.61 Å². The van der Waals surface area contributed by atoms with Gasteiger partial charge in [0, 0.05) is 13.0 Å². The molecule has 0 saturated carbocycles. The van der Waals surface area contributed by atoms with Crippen molar-refractivity contribution in [2.24, 2.45) is 5.41 Å². The van der Waals surface area contributed by atoms with E-state index < -0.39 is 0 Å².